The van der Waals surface area contributed by atoms with Crippen molar-refractivity contribution < 1.29 is 14.3 Å². The van der Waals surface area contributed by atoms with Crippen LogP contribution in [0.1, 0.15) is 10.5 Å². The normalized spacial score (nSPS) is 10.7. The largest absolute Gasteiger partial charge is 0.497 e. The van der Waals surface area contributed by atoms with Crippen molar-refractivity contribution in [2.24, 2.45) is 0 Å². The zero-order valence-electron chi connectivity index (χ0n) is 14.8. The fraction of sp³-hybridized carbons (Fsp3) is 0.100. The molecule has 6 nitrogen and oxygen atoms in total. The third-order valence-corrected chi connectivity index (χ3v) is 4.96. The van der Waals surface area contributed by atoms with Gasteiger partial charge < -0.3 is 14.8 Å². The molecule has 0 atom stereocenters. The van der Waals surface area contributed by atoms with Crippen molar-refractivity contribution in [1.29, 1.82) is 0 Å². The van der Waals surface area contributed by atoms with Crippen LogP contribution in [-0.2, 0) is 0 Å². The second-order valence-electron chi connectivity index (χ2n) is 5.82. The highest BCUT2D eigenvalue weighted by molar-refractivity contribution is 7.15. The number of rotatable bonds is 5. The number of amides is 1. The van der Waals surface area contributed by atoms with E-state index in [1.165, 1.54) is 11.3 Å². The molecule has 0 unspecified atom stereocenters. The monoisotopic (exact) mass is 379 g/mol. The molecular weight excluding hydrogens is 362 g/mol. The minimum atomic E-state index is -0.228. The number of methoxy groups -OCH3 is 2. The van der Waals surface area contributed by atoms with Gasteiger partial charge in [-0.2, -0.15) is 0 Å². The summed E-state index contributed by atoms with van der Waals surface area (Å²) >= 11 is 1.43. The van der Waals surface area contributed by atoms with Gasteiger partial charge in [0, 0.05) is 41.0 Å². The van der Waals surface area contributed by atoms with Crippen molar-refractivity contribution >= 4 is 27.9 Å². The minimum absolute atomic E-state index is 0.228. The lowest BCUT2D eigenvalue weighted by Gasteiger charge is -2.09. The molecule has 2 heterocycles. The lowest BCUT2D eigenvalue weighted by molar-refractivity contribution is 0.102. The Kier molecular flexibility index (Phi) is 4.52. The van der Waals surface area contributed by atoms with Gasteiger partial charge in [-0.3, -0.25) is 9.20 Å². The van der Waals surface area contributed by atoms with Crippen LogP contribution in [0.25, 0.3) is 16.2 Å². The SMILES string of the molecule is COc1cc(NC(=O)c2csc3nc(-c4ccccc4)cn23)cc(OC)c1. The molecule has 4 aromatic rings. The quantitative estimate of drug-likeness (QED) is 0.560. The van der Waals surface area contributed by atoms with E-state index in [2.05, 4.69) is 10.3 Å². The van der Waals surface area contributed by atoms with E-state index in [4.69, 9.17) is 9.47 Å². The van der Waals surface area contributed by atoms with Gasteiger partial charge in [0.25, 0.3) is 5.91 Å². The Labute approximate surface area is 160 Å². The van der Waals surface area contributed by atoms with Crippen LogP contribution in [-0.4, -0.2) is 29.5 Å². The van der Waals surface area contributed by atoms with E-state index in [9.17, 15) is 4.79 Å². The zero-order valence-corrected chi connectivity index (χ0v) is 15.6. The molecule has 0 spiro atoms. The number of thiazole rings is 1. The molecule has 7 heteroatoms. The molecule has 0 bridgehead atoms. The summed E-state index contributed by atoms with van der Waals surface area (Å²) in [5.74, 6) is 0.983. The molecule has 1 amide bonds. The maximum absolute atomic E-state index is 12.8. The summed E-state index contributed by atoms with van der Waals surface area (Å²) in [6.45, 7) is 0. The summed E-state index contributed by atoms with van der Waals surface area (Å²) in [6.07, 6.45) is 1.88. The van der Waals surface area contributed by atoms with Crippen LogP contribution in [0.3, 0.4) is 0 Å². The lowest BCUT2D eigenvalue weighted by Crippen LogP contribution is -2.14. The van der Waals surface area contributed by atoms with Gasteiger partial charge in [-0.25, -0.2) is 4.98 Å². The third-order valence-electron chi connectivity index (χ3n) is 4.12. The predicted octanol–water partition coefficient (Wildman–Crippen LogP) is 4.33. The molecule has 0 fully saturated rings. The summed E-state index contributed by atoms with van der Waals surface area (Å²) in [6, 6.07) is 15.1. The minimum Gasteiger partial charge on any atom is -0.497 e. The molecule has 4 rings (SSSR count). The average Bonchev–Trinajstić information content (AvgIpc) is 3.29. The number of anilines is 1. The molecule has 1 N–H and O–H groups in total. The highest BCUT2D eigenvalue weighted by Gasteiger charge is 2.16. The molecule has 2 aromatic carbocycles. The second-order valence-corrected chi connectivity index (χ2v) is 6.66. The van der Waals surface area contributed by atoms with Gasteiger partial charge in [0.05, 0.1) is 19.9 Å². The Hall–Kier alpha value is -3.32. The number of ether oxygens (including phenoxy) is 2. The van der Waals surface area contributed by atoms with E-state index in [0.29, 0.717) is 22.9 Å². The number of aromatic nitrogens is 2. The van der Waals surface area contributed by atoms with Gasteiger partial charge in [-0.1, -0.05) is 30.3 Å². The summed E-state index contributed by atoms with van der Waals surface area (Å²) in [5.41, 5.74) is 2.96. The van der Waals surface area contributed by atoms with Gasteiger partial charge in [0.2, 0.25) is 0 Å². The molecule has 0 saturated heterocycles. The first-order valence-corrected chi connectivity index (χ1v) is 9.12. The molecule has 27 heavy (non-hydrogen) atoms. The number of imidazole rings is 1. The smallest absolute Gasteiger partial charge is 0.273 e. The summed E-state index contributed by atoms with van der Waals surface area (Å²) in [5, 5.41) is 4.69. The highest BCUT2D eigenvalue weighted by Crippen LogP contribution is 2.27. The first-order valence-electron chi connectivity index (χ1n) is 8.24. The van der Waals surface area contributed by atoms with Crippen LogP contribution >= 0.6 is 11.3 Å². The Morgan fingerprint density at radius 1 is 1.07 bits per heavy atom. The maximum atomic E-state index is 12.8. The molecule has 2 aromatic heterocycles. The number of carbonyl (C=O) groups excluding carboxylic acids is 1. The summed E-state index contributed by atoms with van der Waals surface area (Å²) < 4.78 is 12.3. The highest BCUT2D eigenvalue weighted by atomic mass is 32.1. The summed E-state index contributed by atoms with van der Waals surface area (Å²) in [7, 11) is 3.14. The zero-order chi connectivity index (χ0) is 18.8. The Morgan fingerprint density at radius 3 is 2.44 bits per heavy atom. The number of hydrogen-bond donors (Lipinski definition) is 1. The van der Waals surface area contributed by atoms with Crippen molar-refractivity contribution in [3.63, 3.8) is 0 Å². The number of nitrogens with one attached hydrogen (secondary N) is 1. The van der Waals surface area contributed by atoms with E-state index < -0.39 is 0 Å². The van der Waals surface area contributed by atoms with Crippen LogP contribution in [0.15, 0.2) is 60.1 Å². The van der Waals surface area contributed by atoms with Crippen molar-refractivity contribution in [2.45, 2.75) is 0 Å². The number of nitrogens with zero attached hydrogens (tertiary/aromatic N) is 2. The van der Waals surface area contributed by atoms with Crippen LogP contribution in [0, 0.1) is 0 Å². The maximum Gasteiger partial charge on any atom is 0.273 e. The lowest BCUT2D eigenvalue weighted by atomic mass is 10.2. The van der Waals surface area contributed by atoms with Crippen molar-refractivity contribution in [3.05, 3.63) is 65.8 Å². The van der Waals surface area contributed by atoms with E-state index in [1.807, 2.05) is 36.5 Å². The van der Waals surface area contributed by atoms with Gasteiger partial charge in [0.1, 0.15) is 17.2 Å². The molecule has 0 aliphatic heterocycles. The molecular formula is C20H17N3O3S. The van der Waals surface area contributed by atoms with Crippen LogP contribution in [0.5, 0.6) is 11.5 Å². The first kappa shape index (κ1) is 17.1. The second kappa shape index (κ2) is 7.13. The topological polar surface area (TPSA) is 64.9 Å². The molecule has 136 valence electrons. The van der Waals surface area contributed by atoms with Crippen molar-refractivity contribution in [1.82, 2.24) is 9.38 Å². The molecule has 0 aliphatic carbocycles. The fourth-order valence-corrected chi connectivity index (χ4v) is 3.62. The molecule has 0 saturated carbocycles. The Morgan fingerprint density at radius 2 is 1.78 bits per heavy atom. The number of benzene rings is 2. The van der Waals surface area contributed by atoms with Gasteiger partial charge in [0.15, 0.2) is 4.96 Å². The van der Waals surface area contributed by atoms with E-state index in [-0.39, 0.29) is 5.91 Å². The molecule has 0 radical (unpaired) electrons. The van der Waals surface area contributed by atoms with Gasteiger partial charge in [-0.15, -0.1) is 11.3 Å². The van der Waals surface area contributed by atoms with Crippen LogP contribution < -0.4 is 14.8 Å². The number of fused-ring (bicyclic) bond motifs is 1. The number of hydrogen-bond acceptors (Lipinski definition) is 5. The average molecular weight is 379 g/mol. The van der Waals surface area contributed by atoms with Crippen LogP contribution in [0.2, 0.25) is 0 Å². The summed E-state index contributed by atoms with van der Waals surface area (Å²) in [4.78, 5) is 18.2. The van der Waals surface area contributed by atoms with Crippen molar-refractivity contribution in [2.75, 3.05) is 19.5 Å². The van der Waals surface area contributed by atoms with E-state index in [0.717, 1.165) is 16.2 Å². The molecule has 0 aliphatic rings. The Bertz CT molecular complexity index is 1080. The van der Waals surface area contributed by atoms with Gasteiger partial charge in [-0.05, 0) is 0 Å². The third kappa shape index (κ3) is 3.37. The fourth-order valence-electron chi connectivity index (χ4n) is 2.77. The standard InChI is InChI=1S/C20H17N3O3S/c1-25-15-8-14(9-16(10-15)26-2)21-19(24)18-12-27-20-22-17(11-23(18)20)13-6-4-3-5-7-13/h3-12H,1-2H3,(H,21,24). The number of carbonyl (C=O) groups is 1. The Balaban J connectivity index is 1.64. The first-order chi connectivity index (χ1) is 13.2. The van der Waals surface area contributed by atoms with Crippen LogP contribution in [0.4, 0.5) is 5.69 Å². The van der Waals surface area contributed by atoms with Gasteiger partial charge >= 0.3 is 0 Å². The predicted molar refractivity (Wildman–Crippen MR) is 106 cm³/mol. The van der Waals surface area contributed by atoms with Crippen molar-refractivity contribution in [3.8, 4) is 22.8 Å². The van der Waals surface area contributed by atoms with E-state index in [1.54, 1.807) is 42.2 Å². The van der Waals surface area contributed by atoms with E-state index >= 15 is 0 Å².